The number of carboxylic acids is 1. The second kappa shape index (κ2) is 5.31. The molecule has 2 aromatic carbocycles. The Bertz CT molecular complexity index is 535. The van der Waals surface area contributed by atoms with Crippen LogP contribution in [0.5, 0.6) is 0 Å². The SMILES string of the molecule is Cc1cccc([I-]c2ccccc2)c1C(=O)[O-]. The van der Waals surface area contributed by atoms with Gasteiger partial charge < -0.3 is 0 Å². The molecule has 0 aliphatic rings. The minimum atomic E-state index is -1.08. The van der Waals surface area contributed by atoms with Crippen LogP contribution in [0.3, 0.4) is 0 Å². The van der Waals surface area contributed by atoms with Crippen molar-refractivity contribution in [1.82, 2.24) is 0 Å². The second-order valence-electron chi connectivity index (χ2n) is 3.61. The molecule has 0 fully saturated rings. The number of rotatable bonds is 3. The molecule has 0 N–H and O–H groups in total. The van der Waals surface area contributed by atoms with E-state index in [1.165, 1.54) is 3.57 Å². The van der Waals surface area contributed by atoms with Crippen molar-refractivity contribution in [1.29, 1.82) is 0 Å². The summed E-state index contributed by atoms with van der Waals surface area (Å²) in [4.78, 5) is 11.1. The molecular formula is C14H11IO2-2. The van der Waals surface area contributed by atoms with Gasteiger partial charge in [0.2, 0.25) is 0 Å². The molecule has 88 valence electrons. The summed E-state index contributed by atoms with van der Waals surface area (Å²) < 4.78 is 2.12. The third-order valence-corrected chi connectivity index (χ3v) is 5.19. The molecule has 0 aromatic heterocycles. The summed E-state index contributed by atoms with van der Waals surface area (Å²) in [7, 11) is 0. The summed E-state index contributed by atoms with van der Waals surface area (Å²) in [6.45, 7) is 1.81. The molecule has 0 aliphatic heterocycles. The molecule has 17 heavy (non-hydrogen) atoms. The number of hydrogen-bond donors (Lipinski definition) is 0. The Kier molecular flexibility index (Phi) is 3.78. The molecule has 0 amide bonds. The number of carboxylic acid groups (broad SMARTS) is 1. The Morgan fingerprint density at radius 1 is 1.06 bits per heavy atom. The van der Waals surface area contributed by atoms with Crippen molar-refractivity contribution >= 4 is 5.97 Å². The number of aryl methyl sites for hydroxylation is 1. The third-order valence-electron chi connectivity index (χ3n) is 2.37. The fourth-order valence-electron chi connectivity index (χ4n) is 1.56. The molecule has 2 aromatic rings. The van der Waals surface area contributed by atoms with Crippen LogP contribution >= 0.6 is 0 Å². The van der Waals surface area contributed by atoms with Crippen molar-refractivity contribution in [3.05, 3.63) is 66.8 Å². The molecule has 0 aliphatic carbocycles. The first-order valence-electron chi connectivity index (χ1n) is 5.19. The van der Waals surface area contributed by atoms with Gasteiger partial charge in [-0.05, 0) is 0 Å². The van der Waals surface area contributed by atoms with E-state index in [4.69, 9.17) is 0 Å². The Labute approximate surface area is 111 Å². The van der Waals surface area contributed by atoms with Crippen LogP contribution in [0.2, 0.25) is 0 Å². The molecule has 0 unspecified atom stereocenters. The molecule has 0 atom stereocenters. The fourth-order valence-corrected chi connectivity index (χ4v) is 4.31. The predicted molar refractivity (Wildman–Crippen MR) is 59.3 cm³/mol. The van der Waals surface area contributed by atoms with Gasteiger partial charge in [0, 0.05) is 0 Å². The van der Waals surface area contributed by atoms with Crippen LogP contribution in [0.15, 0.2) is 48.5 Å². The summed E-state index contributed by atoms with van der Waals surface area (Å²) in [5.41, 5.74) is 1.14. The number of benzene rings is 2. The van der Waals surface area contributed by atoms with E-state index >= 15 is 0 Å². The summed E-state index contributed by atoms with van der Waals surface area (Å²) in [6, 6.07) is 15.6. The monoisotopic (exact) mass is 338 g/mol. The van der Waals surface area contributed by atoms with Gasteiger partial charge >= 0.3 is 111 Å². The maximum atomic E-state index is 11.1. The first-order valence-corrected chi connectivity index (χ1v) is 7.35. The average molecular weight is 338 g/mol. The predicted octanol–water partition coefficient (Wildman–Crippen LogP) is -1.51. The van der Waals surface area contributed by atoms with E-state index in [0.717, 1.165) is 9.13 Å². The Morgan fingerprint density at radius 3 is 2.41 bits per heavy atom. The zero-order chi connectivity index (χ0) is 12.3. The number of carbonyl (C=O) groups is 1. The van der Waals surface area contributed by atoms with E-state index in [2.05, 4.69) is 0 Å². The van der Waals surface area contributed by atoms with E-state index in [0.29, 0.717) is 5.56 Å². The topological polar surface area (TPSA) is 40.1 Å². The molecule has 3 heteroatoms. The zero-order valence-corrected chi connectivity index (χ0v) is 11.5. The van der Waals surface area contributed by atoms with E-state index < -0.39 is 27.2 Å². The average Bonchev–Trinajstić information content (AvgIpc) is 2.30. The van der Waals surface area contributed by atoms with Gasteiger partial charge in [0.25, 0.3) is 0 Å². The van der Waals surface area contributed by atoms with Crippen molar-refractivity contribution < 1.29 is 31.1 Å². The van der Waals surface area contributed by atoms with E-state index in [-0.39, 0.29) is 0 Å². The summed E-state index contributed by atoms with van der Waals surface area (Å²) in [6.07, 6.45) is 0. The quantitative estimate of drug-likeness (QED) is 0.639. The van der Waals surface area contributed by atoms with Crippen LogP contribution in [0.4, 0.5) is 0 Å². The number of aromatic carboxylic acids is 1. The van der Waals surface area contributed by atoms with Crippen LogP contribution in [0.25, 0.3) is 0 Å². The number of halogens is 1. The van der Waals surface area contributed by atoms with Crippen molar-refractivity contribution in [2.45, 2.75) is 6.92 Å². The van der Waals surface area contributed by atoms with E-state index in [1.54, 1.807) is 0 Å². The Balaban J connectivity index is 2.40. The van der Waals surface area contributed by atoms with Gasteiger partial charge in [-0.25, -0.2) is 0 Å². The molecule has 0 bridgehead atoms. The first kappa shape index (κ1) is 12.1. The van der Waals surface area contributed by atoms with Gasteiger partial charge in [0.05, 0.1) is 0 Å². The molecule has 0 heterocycles. The molecule has 0 saturated heterocycles. The van der Waals surface area contributed by atoms with Gasteiger partial charge in [-0.3, -0.25) is 0 Å². The molecule has 2 rings (SSSR count). The Morgan fingerprint density at radius 2 is 1.76 bits per heavy atom. The second-order valence-corrected chi connectivity index (χ2v) is 6.56. The third kappa shape index (κ3) is 2.85. The minimum absolute atomic E-state index is 0.365. The van der Waals surface area contributed by atoms with Crippen LogP contribution in [-0.4, -0.2) is 5.97 Å². The molecule has 0 radical (unpaired) electrons. The van der Waals surface area contributed by atoms with Crippen molar-refractivity contribution in [3.8, 4) is 0 Å². The first-order chi connectivity index (χ1) is 8.18. The van der Waals surface area contributed by atoms with Gasteiger partial charge in [0.15, 0.2) is 0 Å². The number of carbonyl (C=O) groups excluding carboxylic acids is 1. The van der Waals surface area contributed by atoms with Crippen LogP contribution in [-0.2, 0) is 0 Å². The Hall–Kier alpha value is -1.36. The molecule has 0 saturated carbocycles. The maximum absolute atomic E-state index is 11.1. The standard InChI is InChI=1S/C14H12IO2/c1-10-6-5-9-12(13(10)14(16)17)15-11-7-3-2-4-8-11/h2-9H,1H3,(H,16,17)/q-1/p-1. The normalized spacial score (nSPS) is 10.4. The summed E-state index contributed by atoms with van der Waals surface area (Å²) in [5.74, 6) is -1.08. The molecule has 0 spiro atoms. The van der Waals surface area contributed by atoms with Crippen molar-refractivity contribution in [2.75, 3.05) is 0 Å². The van der Waals surface area contributed by atoms with Crippen LogP contribution in [0, 0.1) is 14.1 Å². The fraction of sp³-hybridized carbons (Fsp3) is 0.0714. The van der Waals surface area contributed by atoms with Gasteiger partial charge in [0.1, 0.15) is 0 Å². The van der Waals surface area contributed by atoms with Gasteiger partial charge in [-0.1, -0.05) is 0 Å². The van der Waals surface area contributed by atoms with Crippen LogP contribution < -0.4 is 26.3 Å². The van der Waals surface area contributed by atoms with Crippen molar-refractivity contribution in [2.24, 2.45) is 0 Å². The van der Waals surface area contributed by atoms with Crippen LogP contribution in [0.1, 0.15) is 15.9 Å². The molecule has 2 nitrogen and oxygen atoms in total. The summed E-state index contributed by atoms with van der Waals surface area (Å²) >= 11 is -0.464. The van der Waals surface area contributed by atoms with Gasteiger partial charge in [-0.2, -0.15) is 0 Å². The van der Waals surface area contributed by atoms with E-state index in [9.17, 15) is 9.90 Å². The number of hydrogen-bond acceptors (Lipinski definition) is 2. The zero-order valence-electron chi connectivity index (χ0n) is 9.31. The molecular weight excluding hydrogens is 327 g/mol. The van der Waals surface area contributed by atoms with Gasteiger partial charge in [-0.15, -0.1) is 0 Å². The van der Waals surface area contributed by atoms with Crippen molar-refractivity contribution in [3.63, 3.8) is 0 Å². The van der Waals surface area contributed by atoms with E-state index in [1.807, 2.05) is 55.5 Å². The summed E-state index contributed by atoms with van der Waals surface area (Å²) in [5, 5.41) is 11.1.